The van der Waals surface area contributed by atoms with Gasteiger partial charge < -0.3 is 20.1 Å². The van der Waals surface area contributed by atoms with Crippen LogP contribution in [0.25, 0.3) is 0 Å². The van der Waals surface area contributed by atoms with Crippen molar-refractivity contribution in [3.8, 4) is 5.75 Å². The van der Waals surface area contributed by atoms with Crippen LogP contribution in [0.1, 0.15) is 27.2 Å². The summed E-state index contributed by atoms with van der Waals surface area (Å²) in [6.07, 6.45) is 0.930. The van der Waals surface area contributed by atoms with Crippen molar-refractivity contribution in [1.29, 1.82) is 0 Å². The molecule has 5 heteroatoms. The van der Waals surface area contributed by atoms with Crippen molar-refractivity contribution in [3.05, 3.63) is 24.3 Å². The molecule has 5 nitrogen and oxygen atoms in total. The quantitative estimate of drug-likeness (QED) is 0.651. The van der Waals surface area contributed by atoms with Crippen LogP contribution in [0.4, 0.5) is 5.69 Å². The summed E-state index contributed by atoms with van der Waals surface area (Å²) in [5.74, 6) is 0.797. The van der Waals surface area contributed by atoms with Crippen LogP contribution in [0, 0.1) is 0 Å². The predicted octanol–water partition coefficient (Wildman–Crippen LogP) is 2.43. The molecule has 0 radical (unpaired) electrons. The van der Waals surface area contributed by atoms with Gasteiger partial charge in [0, 0.05) is 18.3 Å². The maximum Gasteiger partial charge on any atom is 0.239 e. The highest BCUT2D eigenvalue weighted by molar-refractivity contribution is 5.80. The number of benzene rings is 1. The number of hydrogen-bond donors (Lipinski definition) is 2. The first-order valence-corrected chi connectivity index (χ1v) is 7.49. The van der Waals surface area contributed by atoms with Crippen LogP contribution >= 0.6 is 0 Å². The highest BCUT2D eigenvalue weighted by Crippen LogP contribution is 2.15. The van der Waals surface area contributed by atoms with E-state index in [2.05, 4.69) is 10.6 Å². The van der Waals surface area contributed by atoms with Crippen LogP contribution in [-0.2, 0) is 9.53 Å². The summed E-state index contributed by atoms with van der Waals surface area (Å²) in [7, 11) is 0. The fourth-order valence-electron chi connectivity index (χ4n) is 1.64. The monoisotopic (exact) mass is 294 g/mol. The normalized spacial score (nSPS) is 11.8. The van der Waals surface area contributed by atoms with Crippen molar-refractivity contribution in [1.82, 2.24) is 5.32 Å². The Kier molecular flexibility index (Phi) is 8.28. The SMILES string of the molecule is CCOCCOc1ccc(NCC(=O)NC(C)CC)cc1. The van der Waals surface area contributed by atoms with Gasteiger partial charge in [-0.05, 0) is 44.5 Å². The number of rotatable bonds is 10. The van der Waals surface area contributed by atoms with E-state index in [1.165, 1.54) is 0 Å². The number of carbonyl (C=O) groups is 1. The third kappa shape index (κ3) is 7.56. The first-order chi connectivity index (χ1) is 10.2. The van der Waals surface area contributed by atoms with E-state index in [-0.39, 0.29) is 18.5 Å². The van der Waals surface area contributed by atoms with Crippen LogP contribution in [0.2, 0.25) is 0 Å². The van der Waals surface area contributed by atoms with E-state index in [9.17, 15) is 4.79 Å². The minimum atomic E-state index is 0.00129. The second-order valence-electron chi connectivity index (χ2n) is 4.80. The van der Waals surface area contributed by atoms with Crippen LogP contribution in [0.15, 0.2) is 24.3 Å². The molecular formula is C16H26N2O3. The van der Waals surface area contributed by atoms with Gasteiger partial charge in [0.25, 0.3) is 0 Å². The first-order valence-electron chi connectivity index (χ1n) is 7.49. The number of amides is 1. The highest BCUT2D eigenvalue weighted by atomic mass is 16.5. The largest absolute Gasteiger partial charge is 0.491 e. The predicted molar refractivity (Wildman–Crippen MR) is 84.8 cm³/mol. The summed E-state index contributed by atoms with van der Waals surface area (Å²) in [5, 5.41) is 6.00. The minimum Gasteiger partial charge on any atom is -0.491 e. The summed E-state index contributed by atoms with van der Waals surface area (Å²) in [5.41, 5.74) is 0.895. The Morgan fingerprint density at radius 2 is 1.90 bits per heavy atom. The lowest BCUT2D eigenvalue weighted by atomic mass is 10.2. The molecule has 0 bridgehead atoms. The van der Waals surface area contributed by atoms with Gasteiger partial charge in [0.2, 0.25) is 5.91 Å². The summed E-state index contributed by atoms with van der Waals surface area (Å²) >= 11 is 0. The molecule has 0 heterocycles. The van der Waals surface area contributed by atoms with Crippen LogP contribution in [0.5, 0.6) is 5.75 Å². The molecule has 2 N–H and O–H groups in total. The lowest BCUT2D eigenvalue weighted by Gasteiger charge is -2.12. The molecule has 0 fully saturated rings. The number of carbonyl (C=O) groups excluding carboxylic acids is 1. The number of nitrogens with one attached hydrogen (secondary N) is 2. The molecule has 1 unspecified atom stereocenters. The van der Waals surface area contributed by atoms with Gasteiger partial charge >= 0.3 is 0 Å². The van der Waals surface area contributed by atoms with Crippen LogP contribution in [-0.4, -0.2) is 38.3 Å². The van der Waals surface area contributed by atoms with E-state index in [1.807, 2.05) is 45.0 Å². The maximum atomic E-state index is 11.6. The molecular weight excluding hydrogens is 268 g/mol. The smallest absolute Gasteiger partial charge is 0.239 e. The maximum absolute atomic E-state index is 11.6. The van der Waals surface area contributed by atoms with Gasteiger partial charge in [-0.2, -0.15) is 0 Å². The third-order valence-corrected chi connectivity index (χ3v) is 3.03. The highest BCUT2D eigenvalue weighted by Gasteiger charge is 2.04. The van der Waals surface area contributed by atoms with Crippen LogP contribution in [0.3, 0.4) is 0 Å². The molecule has 0 aliphatic carbocycles. The second-order valence-corrected chi connectivity index (χ2v) is 4.80. The van der Waals surface area contributed by atoms with E-state index >= 15 is 0 Å². The van der Waals surface area contributed by atoms with E-state index < -0.39 is 0 Å². The zero-order valence-corrected chi connectivity index (χ0v) is 13.1. The fraction of sp³-hybridized carbons (Fsp3) is 0.562. The van der Waals surface area contributed by atoms with Crippen LogP contribution < -0.4 is 15.4 Å². The van der Waals surface area contributed by atoms with E-state index in [0.717, 1.165) is 17.9 Å². The molecule has 1 rings (SSSR count). The Hall–Kier alpha value is -1.75. The Labute approximate surface area is 127 Å². The third-order valence-electron chi connectivity index (χ3n) is 3.03. The average Bonchev–Trinajstić information content (AvgIpc) is 2.50. The lowest BCUT2D eigenvalue weighted by molar-refractivity contribution is -0.120. The molecule has 1 atom stereocenters. The Balaban J connectivity index is 2.29. The number of ether oxygens (including phenoxy) is 2. The molecule has 0 spiro atoms. The minimum absolute atomic E-state index is 0.00129. The summed E-state index contributed by atoms with van der Waals surface area (Å²) < 4.78 is 10.7. The lowest BCUT2D eigenvalue weighted by Crippen LogP contribution is -2.36. The zero-order chi connectivity index (χ0) is 15.5. The van der Waals surface area contributed by atoms with Crippen molar-refractivity contribution in [2.24, 2.45) is 0 Å². The summed E-state index contributed by atoms with van der Waals surface area (Å²) in [6.45, 7) is 8.09. The average molecular weight is 294 g/mol. The van der Waals surface area contributed by atoms with Gasteiger partial charge in [-0.15, -0.1) is 0 Å². The molecule has 118 valence electrons. The first kappa shape index (κ1) is 17.3. The van der Waals surface area contributed by atoms with Crippen molar-refractivity contribution in [2.75, 3.05) is 31.7 Å². The van der Waals surface area contributed by atoms with Crippen molar-refractivity contribution in [2.45, 2.75) is 33.2 Å². The Bertz CT molecular complexity index is 406. The van der Waals surface area contributed by atoms with Crippen molar-refractivity contribution in [3.63, 3.8) is 0 Å². The van der Waals surface area contributed by atoms with E-state index in [0.29, 0.717) is 19.8 Å². The molecule has 0 saturated heterocycles. The zero-order valence-electron chi connectivity index (χ0n) is 13.1. The van der Waals surface area contributed by atoms with Gasteiger partial charge in [0.1, 0.15) is 12.4 Å². The van der Waals surface area contributed by atoms with Gasteiger partial charge in [-0.25, -0.2) is 0 Å². The molecule has 21 heavy (non-hydrogen) atoms. The molecule has 0 aliphatic rings. The van der Waals surface area contributed by atoms with E-state index in [1.54, 1.807) is 0 Å². The fourth-order valence-corrected chi connectivity index (χ4v) is 1.64. The molecule has 0 saturated carbocycles. The molecule has 0 aromatic heterocycles. The molecule has 1 amide bonds. The number of anilines is 1. The van der Waals surface area contributed by atoms with Gasteiger partial charge in [-0.3, -0.25) is 4.79 Å². The molecule has 1 aromatic carbocycles. The number of hydrogen-bond acceptors (Lipinski definition) is 4. The molecule has 0 aliphatic heterocycles. The standard InChI is InChI=1S/C16H26N2O3/c1-4-13(3)18-16(19)12-17-14-6-8-15(9-7-14)21-11-10-20-5-2/h6-9,13,17H,4-5,10-12H2,1-3H3,(H,18,19). The topological polar surface area (TPSA) is 59.6 Å². The summed E-state index contributed by atoms with van der Waals surface area (Å²) in [4.78, 5) is 11.6. The van der Waals surface area contributed by atoms with Gasteiger partial charge in [-0.1, -0.05) is 6.92 Å². The van der Waals surface area contributed by atoms with Crippen molar-refractivity contribution < 1.29 is 14.3 Å². The van der Waals surface area contributed by atoms with Crippen molar-refractivity contribution >= 4 is 11.6 Å². The van der Waals surface area contributed by atoms with Gasteiger partial charge in [0.15, 0.2) is 0 Å². The van der Waals surface area contributed by atoms with Gasteiger partial charge in [0.05, 0.1) is 13.2 Å². The summed E-state index contributed by atoms with van der Waals surface area (Å²) in [6, 6.07) is 7.75. The van der Waals surface area contributed by atoms with E-state index in [4.69, 9.17) is 9.47 Å². The molecule has 1 aromatic rings. The Morgan fingerprint density at radius 3 is 2.52 bits per heavy atom. The second kappa shape index (κ2) is 10.0. The Morgan fingerprint density at radius 1 is 1.19 bits per heavy atom.